The van der Waals surface area contributed by atoms with Gasteiger partial charge >= 0.3 is 5.97 Å². The zero-order valence-corrected chi connectivity index (χ0v) is 8.32. The topological polar surface area (TPSA) is 72.6 Å². The first kappa shape index (κ1) is 9.92. The van der Waals surface area contributed by atoms with Gasteiger partial charge in [-0.1, -0.05) is 6.08 Å². The molecule has 80 valence electrons. The van der Waals surface area contributed by atoms with Gasteiger partial charge in [-0.2, -0.15) is 0 Å². The summed E-state index contributed by atoms with van der Waals surface area (Å²) < 4.78 is 10.2. The van der Waals surface area contributed by atoms with Crippen molar-refractivity contribution in [2.45, 2.75) is 13.3 Å². The molecule has 0 fully saturated rings. The molecular formula is C10H11NO4. The van der Waals surface area contributed by atoms with E-state index in [0.717, 1.165) is 5.57 Å². The van der Waals surface area contributed by atoms with Crippen LogP contribution in [-0.4, -0.2) is 29.3 Å². The molecule has 1 aromatic rings. The van der Waals surface area contributed by atoms with Crippen molar-refractivity contribution >= 4 is 11.5 Å². The molecule has 15 heavy (non-hydrogen) atoms. The lowest BCUT2D eigenvalue weighted by molar-refractivity contribution is 0.0660. The first-order valence-corrected chi connectivity index (χ1v) is 4.66. The zero-order chi connectivity index (χ0) is 10.8. The maximum absolute atomic E-state index is 10.9. The molecule has 0 amide bonds. The number of aromatic carboxylic acids is 1. The number of carboxylic acid groups (broad SMARTS) is 1. The van der Waals surface area contributed by atoms with Crippen LogP contribution < -0.4 is 0 Å². The quantitative estimate of drug-likeness (QED) is 0.798. The van der Waals surface area contributed by atoms with Gasteiger partial charge in [-0.05, 0) is 12.0 Å². The molecule has 0 spiro atoms. The maximum Gasteiger partial charge on any atom is 0.374 e. The third-order valence-corrected chi connectivity index (χ3v) is 2.20. The normalized spacial score (nSPS) is 16.2. The molecule has 0 radical (unpaired) electrons. The summed E-state index contributed by atoms with van der Waals surface area (Å²) in [4.78, 5) is 15.0. The zero-order valence-electron chi connectivity index (χ0n) is 8.32. The lowest BCUT2D eigenvalue weighted by Crippen LogP contribution is -2.07. The Morgan fingerprint density at radius 3 is 3.00 bits per heavy atom. The van der Waals surface area contributed by atoms with Gasteiger partial charge in [-0.25, -0.2) is 9.78 Å². The van der Waals surface area contributed by atoms with Crippen LogP contribution in [0.25, 0.3) is 5.57 Å². The molecule has 2 heterocycles. The molecule has 5 nitrogen and oxygen atoms in total. The van der Waals surface area contributed by atoms with Gasteiger partial charge in [0.1, 0.15) is 5.69 Å². The van der Waals surface area contributed by atoms with Gasteiger partial charge in [0.2, 0.25) is 5.76 Å². The predicted octanol–water partition coefficient (Wildman–Crippen LogP) is 1.48. The second-order valence-corrected chi connectivity index (χ2v) is 3.27. The van der Waals surface area contributed by atoms with Crippen LogP contribution in [0.2, 0.25) is 0 Å². The summed E-state index contributed by atoms with van der Waals surface area (Å²) >= 11 is 0. The minimum absolute atomic E-state index is 0.0827. The first-order valence-electron chi connectivity index (χ1n) is 4.66. The van der Waals surface area contributed by atoms with E-state index in [1.54, 1.807) is 6.92 Å². The summed E-state index contributed by atoms with van der Waals surface area (Å²) in [6, 6.07) is 0. The highest BCUT2D eigenvalue weighted by molar-refractivity contribution is 5.90. The number of carboxylic acids is 1. The van der Waals surface area contributed by atoms with Crippen molar-refractivity contribution in [2.75, 3.05) is 13.2 Å². The Hall–Kier alpha value is -1.62. The summed E-state index contributed by atoms with van der Waals surface area (Å²) in [5.41, 5.74) is 1.32. The summed E-state index contributed by atoms with van der Waals surface area (Å²) in [5.74, 6) is -0.798. The summed E-state index contributed by atoms with van der Waals surface area (Å²) in [6.45, 7) is 2.73. The van der Waals surface area contributed by atoms with E-state index in [1.165, 1.54) is 0 Å². The SMILES string of the molecule is Cc1nc(C2=CCOCC2)c(C(=O)O)o1. The van der Waals surface area contributed by atoms with Crippen LogP contribution in [0.5, 0.6) is 0 Å². The van der Waals surface area contributed by atoms with Gasteiger partial charge in [0.05, 0.1) is 13.2 Å². The van der Waals surface area contributed by atoms with Crippen LogP contribution in [0, 0.1) is 6.92 Å². The number of aromatic nitrogens is 1. The van der Waals surface area contributed by atoms with Crippen LogP contribution in [0.3, 0.4) is 0 Å². The number of hydrogen-bond donors (Lipinski definition) is 1. The van der Waals surface area contributed by atoms with Crippen molar-refractivity contribution in [2.24, 2.45) is 0 Å². The molecule has 5 heteroatoms. The van der Waals surface area contributed by atoms with Crippen molar-refractivity contribution in [3.63, 3.8) is 0 Å². The van der Waals surface area contributed by atoms with Crippen molar-refractivity contribution < 1.29 is 19.1 Å². The monoisotopic (exact) mass is 209 g/mol. The third kappa shape index (κ3) is 1.92. The third-order valence-electron chi connectivity index (χ3n) is 2.20. The van der Waals surface area contributed by atoms with Crippen LogP contribution in [0.15, 0.2) is 10.5 Å². The predicted molar refractivity (Wildman–Crippen MR) is 51.6 cm³/mol. The largest absolute Gasteiger partial charge is 0.475 e. The number of carbonyl (C=O) groups is 1. The number of rotatable bonds is 2. The standard InChI is InChI=1S/C10H11NO4/c1-6-11-8(9(15-6)10(12)13)7-2-4-14-5-3-7/h2H,3-5H2,1H3,(H,12,13). The van der Waals surface area contributed by atoms with E-state index in [1.807, 2.05) is 6.08 Å². The molecule has 1 aromatic heterocycles. The van der Waals surface area contributed by atoms with Crippen LogP contribution in [0.4, 0.5) is 0 Å². The van der Waals surface area contributed by atoms with Crippen LogP contribution in [-0.2, 0) is 4.74 Å². The molecule has 0 unspecified atom stereocenters. The highest BCUT2D eigenvalue weighted by atomic mass is 16.5. The molecule has 0 bridgehead atoms. The number of hydrogen-bond acceptors (Lipinski definition) is 4. The van der Waals surface area contributed by atoms with Gasteiger partial charge < -0.3 is 14.3 Å². The molecule has 1 N–H and O–H groups in total. The summed E-state index contributed by atoms with van der Waals surface area (Å²) in [5, 5.41) is 8.92. The molecular weight excluding hydrogens is 198 g/mol. The number of nitrogens with zero attached hydrogens (tertiary/aromatic N) is 1. The molecule has 2 rings (SSSR count). The average Bonchev–Trinajstić information content (AvgIpc) is 2.62. The highest BCUT2D eigenvalue weighted by Crippen LogP contribution is 2.24. The van der Waals surface area contributed by atoms with E-state index in [4.69, 9.17) is 14.3 Å². The fourth-order valence-corrected chi connectivity index (χ4v) is 1.53. The number of aryl methyl sites for hydroxylation is 1. The fraction of sp³-hybridized carbons (Fsp3) is 0.400. The second kappa shape index (κ2) is 3.86. The minimum atomic E-state index is -1.09. The van der Waals surface area contributed by atoms with E-state index in [2.05, 4.69) is 4.98 Å². The van der Waals surface area contributed by atoms with Crippen LogP contribution in [0.1, 0.15) is 28.6 Å². The lowest BCUT2D eigenvalue weighted by atomic mass is 10.1. The Balaban J connectivity index is 2.42. The Kier molecular flexibility index (Phi) is 2.55. The van der Waals surface area contributed by atoms with Gasteiger partial charge in [0.15, 0.2) is 5.89 Å². The molecule has 0 saturated carbocycles. The molecule has 1 aliphatic rings. The van der Waals surface area contributed by atoms with E-state index in [-0.39, 0.29) is 5.76 Å². The van der Waals surface area contributed by atoms with Crippen molar-refractivity contribution in [3.05, 3.63) is 23.4 Å². The average molecular weight is 209 g/mol. The summed E-state index contributed by atoms with van der Waals surface area (Å²) in [7, 11) is 0. The maximum atomic E-state index is 10.9. The van der Waals surface area contributed by atoms with Gasteiger partial charge in [0, 0.05) is 6.92 Å². The van der Waals surface area contributed by atoms with Crippen LogP contribution >= 0.6 is 0 Å². The first-order chi connectivity index (χ1) is 7.18. The van der Waals surface area contributed by atoms with Gasteiger partial charge in [-0.3, -0.25) is 0 Å². The Morgan fingerprint density at radius 2 is 2.40 bits per heavy atom. The molecule has 0 aliphatic carbocycles. The molecule has 0 atom stereocenters. The Morgan fingerprint density at radius 1 is 1.60 bits per heavy atom. The minimum Gasteiger partial charge on any atom is -0.475 e. The Bertz CT molecular complexity index is 419. The highest BCUT2D eigenvalue weighted by Gasteiger charge is 2.21. The lowest BCUT2D eigenvalue weighted by Gasteiger charge is -2.11. The summed E-state index contributed by atoms with van der Waals surface area (Å²) in [6.07, 6.45) is 2.51. The molecule has 1 aliphatic heterocycles. The van der Waals surface area contributed by atoms with Gasteiger partial charge in [-0.15, -0.1) is 0 Å². The second-order valence-electron chi connectivity index (χ2n) is 3.27. The van der Waals surface area contributed by atoms with Crippen molar-refractivity contribution in [3.8, 4) is 0 Å². The fourth-order valence-electron chi connectivity index (χ4n) is 1.53. The van der Waals surface area contributed by atoms with E-state index in [0.29, 0.717) is 31.2 Å². The number of oxazole rings is 1. The molecule has 0 aromatic carbocycles. The van der Waals surface area contributed by atoms with E-state index < -0.39 is 5.97 Å². The smallest absolute Gasteiger partial charge is 0.374 e. The van der Waals surface area contributed by atoms with E-state index in [9.17, 15) is 4.79 Å². The number of ether oxygens (including phenoxy) is 1. The molecule has 0 saturated heterocycles. The van der Waals surface area contributed by atoms with Crippen molar-refractivity contribution in [1.82, 2.24) is 4.98 Å². The van der Waals surface area contributed by atoms with Crippen molar-refractivity contribution in [1.29, 1.82) is 0 Å². The Labute approximate surface area is 86.4 Å². The van der Waals surface area contributed by atoms with Gasteiger partial charge in [0.25, 0.3) is 0 Å². The van der Waals surface area contributed by atoms with E-state index >= 15 is 0 Å².